The van der Waals surface area contributed by atoms with E-state index in [2.05, 4.69) is 31.7 Å². The summed E-state index contributed by atoms with van der Waals surface area (Å²) in [6, 6.07) is 9.95. The minimum atomic E-state index is -0.973. The largest absolute Gasteiger partial charge is 0.478 e. The molecule has 0 atom stereocenters. The number of nitrogens with zero attached hydrogens (tertiary/aromatic N) is 4. The molecule has 0 saturated heterocycles. The molecule has 7 heteroatoms. The fraction of sp³-hybridized carbons (Fsp3) is 0.238. The number of carboxylic acids is 1. The van der Waals surface area contributed by atoms with Gasteiger partial charge < -0.3 is 14.7 Å². The Balaban J connectivity index is 1.87. The molecule has 1 N–H and O–H groups in total. The highest BCUT2D eigenvalue weighted by Gasteiger charge is 2.09. The highest BCUT2D eigenvalue weighted by Crippen LogP contribution is 2.17. The zero-order chi connectivity index (χ0) is 19.9. The van der Waals surface area contributed by atoms with Crippen LogP contribution >= 0.6 is 0 Å². The van der Waals surface area contributed by atoms with Crippen LogP contribution in [0.15, 0.2) is 42.6 Å². The van der Waals surface area contributed by atoms with Crippen LogP contribution in [-0.2, 0) is 0 Å². The summed E-state index contributed by atoms with van der Waals surface area (Å²) < 4.78 is 5.83. The molecular formula is C21H20N4O3. The van der Waals surface area contributed by atoms with Crippen LogP contribution in [0.3, 0.4) is 0 Å². The van der Waals surface area contributed by atoms with E-state index < -0.39 is 5.97 Å². The van der Waals surface area contributed by atoms with E-state index in [1.165, 1.54) is 12.1 Å². The minimum Gasteiger partial charge on any atom is -0.478 e. The molecule has 0 amide bonds. The van der Waals surface area contributed by atoms with E-state index in [1.807, 2.05) is 20.2 Å². The second-order valence-corrected chi connectivity index (χ2v) is 6.36. The van der Waals surface area contributed by atoms with Crippen LogP contribution in [-0.4, -0.2) is 58.2 Å². The van der Waals surface area contributed by atoms with Gasteiger partial charge in [-0.05, 0) is 62.8 Å². The Morgan fingerprint density at radius 3 is 2.64 bits per heavy atom. The maximum Gasteiger partial charge on any atom is 0.335 e. The molecule has 0 aliphatic rings. The number of hydrogen-bond acceptors (Lipinski definition) is 6. The van der Waals surface area contributed by atoms with Gasteiger partial charge >= 0.3 is 5.97 Å². The van der Waals surface area contributed by atoms with E-state index in [0.717, 1.165) is 13.0 Å². The number of fused-ring (bicyclic) bond motifs is 1. The van der Waals surface area contributed by atoms with Crippen LogP contribution in [0.2, 0.25) is 0 Å². The average Bonchev–Trinajstić information content (AvgIpc) is 2.69. The molecule has 0 saturated carbocycles. The van der Waals surface area contributed by atoms with Gasteiger partial charge in [0.25, 0.3) is 0 Å². The number of carbonyl (C=O) groups is 1. The Morgan fingerprint density at radius 1 is 1.14 bits per heavy atom. The molecule has 0 aliphatic carbocycles. The van der Waals surface area contributed by atoms with Gasteiger partial charge in [-0.3, -0.25) is 0 Å². The fourth-order valence-corrected chi connectivity index (χ4v) is 2.44. The van der Waals surface area contributed by atoms with Crippen molar-refractivity contribution in [1.29, 1.82) is 0 Å². The summed E-state index contributed by atoms with van der Waals surface area (Å²) in [5.74, 6) is 5.35. The first-order chi connectivity index (χ1) is 13.5. The summed E-state index contributed by atoms with van der Waals surface area (Å²) in [6.07, 6.45) is 2.50. The molecule has 2 heterocycles. The molecule has 0 unspecified atom stereocenters. The number of rotatable bonds is 6. The third-order valence-electron chi connectivity index (χ3n) is 3.85. The van der Waals surface area contributed by atoms with Gasteiger partial charge in [0.15, 0.2) is 11.3 Å². The lowest BCUT2D eigenvalue weighted by atomic mass is 10.1. The number of aromatic nitrogens is 3. The third kappa shape index (κ3) is 5.02. The lowest BCUT2D eigenvalue weighted by molar-refractivity contribution is 0.0697. The van der Waals surface area contributed by atoms with Crippen molar-refractivity contribution >= 4 is 17.1 Å². The maximum absolute atomic E-state index is 10.9. The van der Waals surface area contributed by atoms with Crippen LogP contribution in [0.25, 0.3) is 11.2 Å². The molecule has 3 aromatic rings. The number of benzene rings is 1. The fourth-order valence-electron chi connectivity index (χ4n) is 2.44. The summed E-state index contributed by atoms with van der Waals surface area (Å²) in [4.78, 5) is 26.2. The van der Waals surface area contributed by atoms with Crippen molar-refractivity contribution in [3.8, 4) is 17.7 Å². The van der Waals surface area contributed by atoms with Gasteiger partial charge in [-0.2, -0.15) is 0 Å². The predicted molar refractivity (Wildman–Crippen MR) is 105 cm³/mol. The molecule has 28 heavy (non-hydrogen) atoms. The lowest BCUT2D eigenvalue weighted by Gasteiger charge is -2.10. The summed E-state index contributed by atoms with van der Waals surface area (Å²) in [7, 11) is 4.02. The van der Waals surface area contributed by atoms with Gasteiger partial charge in [-0.15, -0.1) is 0 Å². The van der Waals surface area contributed by atoms with Crippen molar-refractivity contribution in [2.24, 2.45) is 0 Å². The summed E-state index contributed by atoms with van der Waals surface area (Å²) in [5, 5.41) is 8.98. The van der Waals surface area contributed by atoms with E-state index >= 15 is 0 Å². The molecule has 0 aliphatic heterocycles. The zero-order valence-electron chi connectivity index (χ0n) is 15.7. The predicted octanol–water partition coefficient (Wildman–Crippen LogP) is 2.45. The van der Waals surface area contributed by atoms with Crippen molar-refractivity contribution in [3.05, 3.63) is 59.4 Å². The number of carboxylic acid groups (broad SMARTS) is 1. The van der Waals surface area contributed by atoms with Crippen molar-refractivity contribution in [2.75, 3.05) is 27.2 Å². The molecule has 2 aromatic heterocycles. The van der Waals surface area contributed by atoms with Gasteiger partial charge in [0.05, 0.1) is 12.2 Å². The van der Waals surface area contributed by atoms with E-state index in [-0.39, 0.29) is 5.56 Å². The number of aromatic carboxylic acids is 1. The Bertz CT molecular complexity index is 1040. The molecule has 0 spiro atoms. The van der Waals surface area contributed by atoms with Gasteiger partial charge in [0.2, 0.25) is 5.88 Å². The quantitative estimate of drug-likeness (QED) is 0.522. The zero-order valence-corrected chi connectivity index (χ0v) is 15.7. The van der Waals surface area contributed by atoms with Crippen LogP contribution in [0.4, 0.5) is 0 Å². The SMILES string of the molecule is CN(C)CCCOc1nc2cccnc2nc1C#Cc1ccc(C(=O)O)cc1. The van der Waals surface area contributed by atoms with E-state index in [0.29, 0.717) is 34.9 Å². The smallest absolute Gasteiger partial charge is 0.335 e. The molecule has 3 rings (SSSR count). The van der Waals surface area contributed by atoms with Crippen molar-refractivity contribution in [2.45, 2.75) is 6.42 Å². The van der Waals surface area contributed by atoms with Crippen molar-refractivity contribution < 1.29 is 14.6 Å². The Labute approximate surface area is 163 Å². The van der Waals surface area contributed by atoms with Gasteiger partial charge in [0.1, 0.15) is 5.52 Å². The molecule has 0 bridgehead atoms. The Kier molecular flexibility index (Phi) is 6.14. The highest BCUT2D eigenvalue weighted by atomic mass is 16.5. The Hall–Kier alpha value is -3.50. The molecule has 1 aromatic carbocycles. The Morgan fingerprint density at radius 2 is 1.93 bits per heavy atom. The second-order valence-electron chi connectivity index (χ2n) is 6.36. The first kappa shape index (κ1) is 19.3. The number of ether oxygens (including phenoxy) is 1. The van der Waals surface area contributed by atoms with Crippen LogP contribution < -0.4 is 4.74 Å². The second kappa shape index (κ2) is 8.93. The standard InChI is InChI=1S/C21H20N4O3/c1-25(2)13-4-14-28-20-18(23-19-17(24-20)5-3-12-22-19)11-8-15-6-9-16(10-7-15)21(26)27/h3,5-7,9-10,12H,4,13-14H2,1-2H3,(H,26,27). The van der Waals surface area contributed by atoms with Gasteiger partial charge in [-0.25, -0.2) is 19.7 Å². The summed E-state index contributed by atoms with van der Waals surface area (Å²) in [5.41, 5.74) is 2.42. The van der Waals surface area contributed by atoms with Crippen LogP contribution in [0, 0.1) is 11.8 Å². The topological polar surface area (TPSA) is 88.4 Å². The normalized spacial score (nSPS) is 10.5. The number of hydrogen-bond donors (Lipinski definition) is 1. The van der Waals surface area contributed by atoms with E-state index in [9.17, 15) is 4.79 Å². The highest BCUT2D eigenvalue weighted by molar-refractivity contribution is 5.87. The number of pyridine rings is 1. The van der Waals surface area contributed by atoms with Gasteiger partial charge in [0, 0.05) is 18.3 Å². The van der Waals surface area contributed by atoms with Crippen molar-refractivity contribution in [3.63, 3.8) is 0 Å². The molecule has 7 nitrogen and oxygen atoms in total. The minimum absolute atomic E-state index is 0.213. The van der Waals surface area contributed by atoms with Gasteiger partial charge in [-0.1, -0.05) is 5.92 Å². The lowest BCUT2D eigenvalue weighted by Crippen LogP contribution is -2.16. The third-order valence-corrected chi connectivity index (χ3v) is 3.85. The maximum atomic E-state index is 10.9. The summed E-state index contributed by atoms with van der Waals surface area (Å²) in [6.45, 7) is 1.40. The average molecular weight is 376 g/mol. The molecule has 0 radical (unpaired) electrons. The van der Waals surface area contributed by atoms with Crippen LogP contribution in [0.5, 0.6) is 5.88 Å². The monoisotopic (exact) mass is 376 g/mol. The van der Waals surface area contributed by atoms with Crippen LogP contribution in [0.1, 0.15) is 28.0 Å². The molecule has 142 valence electrons. The summed E-state index contributed by atoms with van der Waals surface area (Å²) >= 11 is 0. The first-order valence-electron chi connectivity index (χ1n) is 8.78. The van der Waals surface area contributed by atoms with E-state index in [1.54, 1.807) is 24.4 Å². The van der Waals surface area contributed by atoms with Crippen molar-refractivity contribution in [1.82, 2.24) is 19.9 Å². The first-order valence-corrected chi connectivity index (χ1v) is 8.78. The van der Waals surface area contributed by atoms with E-state index in [4.69, 9.17) is 9.84 Å². The molecule has 0 fully saturated rings. The molecular weight excluding hydrogens is 356 g/mol.